The van der Waals surface area contributed by atoms with Crippen LogP contribution in [-0.2, 0) is 19.6 Å². The first-order valence-electron chi connectivity index (χ1n) is 8.93. The highest BCUT2D eigenvalue weighted by Crippen LogP contribution is 2.19. The molecule has 4 heterocycles. The number of fused-ring (bicyclic) bond motifs is 1. The molecule has 0 spiro atoms. The topological polar surface area (TPSA) is 56.1 Å². The number of hydrogen-bond acceptors (Lipinski definition) is 5. The van der Waals surface area contributed by atoms with Crippen LogP contribution in [0.4, 0.5) is 0 Å². The van der Waals surface area contributed by atoms with Crippen molar-refractivity contribution in [1.29, 1.82) is 0 Å². The molecule has 0 bridgehead atoms. The molecule has 6 heteroatoms. The second-order valence-electron chi connectivity index (χ2n) is 6.84. The summed E-state index contributed by atoms with van der Waals surface area (Å²) in [6.07, 6.45) is 7.39. The summed E-state index contributed by atoms with van der Waals surface area (Å²) in [5.41, 5.74) is 3.39. The largest absolute Gasteiger partial charge is 0.492 e. The maximum absolute atomic E-state index is 5.97. The lowest BCUT2D eigenvalue weighted by atomic mass is 10.1. The van der Waals surface area contributed by atoms with Gasteiger partial charge in [0.2, 0.25) is 0 Å². The zero-order chi connectivity index (χ0) is 17.8. The first-order chi connectivity index (χ1) is 12.8. The van der Waals surface area contributed by atoms with E-state index in [1.54, 1.807) is 12.4 Å². The lowest BCUT2D eigenvalue weighted by Crippen LogP contribution is -2.31. The molecule has 4 rings (SSSR count). The lowest BCUT2D eigenvalue weighted by Gasteiger charge is -2.23. The quantitative estimate of drug-likeness (QED) is 0.709. The zero-order valence-corrected chi connectivity index (χ0v) is 15.0. The third-order valence-corrected chi connectivity index (χ3v) is 4.61. The third kappa shape index (κ3) is 4.08. The highest BCUT2D eigenvalue weighted by Gasteiger charge is 2.23. The van der Waals surface area contributed by atoms with Gasteiger partial charge in [0.05, 0.1) is 30.5 Å². The summed E-state index contributed by atoms with van der Waals surface area (Å²) in [5.74, 6) is 1.19. The highest BCUT2D eigenvalue weighted by molar-refractivity contribution is 5.15. The van der Waals surface area contributed by atoms with Gasteiger partial charge in [-0.05, 0) is 31.2 Å². The fourth-order valence-electron chi connectivity index (χ4n) is 3.43. The summed E-state index contributed by atoms with van der Waals surface area (Å²) < 4.78 is 8.21. The molecule has 0 saturated heterocycles. The molecular formula is C20H23N5O. The predicted molar refractivity (Wildman–Crippen MR) is 98.5 cm³/mol. The Morgan fingerprint density at radius 1 is 1.12 bits per heavy atom. The molecule has 26 heavy (non-hydrogen) atoms. The molecule has 1 unspecified atom stereocenters. The van der Waals surface area contributed by atoms with E-state index in [2.05, 4.69) is 36.6 Å². The Hall–Kier alpha value is -2.73. The molecule has 0 saturated carbocycles. The molecule has 0 aliphatic carbocycles. The number of imidazole rings is 1. The van der Waals surface area contributed by atoms with E-state index in [1.807, 2.05) is 37.6 Å². The number of aromatic nitrogens is 4. The maximum Gasteiger partial charge on any atom is 0.137 e. The Morgan fingerprint density at radius 2 is 2.08 bits per heavy atom. The van der Waals surface area contributed by atoms with E-state index in [4.69, 9.17) is 4.74 Å². The van der Waals surface area contributed by atoms with Gasteiger partial charge in [0.1, 0.15) is 5.75 Å². The van der Waals surface area contributed by atoms with Crippen molar-refractivity contribution >= 4 is 0 Å². The second-order valence-corrected chi connectivity index (χ2v) is 6.84. The number of ether oxygens (including phenoxy) is 1. The molecule has 6 nitrogen and oxygen atoms in total. The highest BCUT2D eigenvalue weighted by atomic mass is 16.5. The number of pyridine rings is 2. The number of aryl methyl sites for hydroxylation is 1. The van der Waals surface area contributed by atoms with Crippen molar-refractivity contribution in [3.8, 4) is 5.75 Å². The van der Waals surface area contributed by atoms with Gasteiger partial charge in [-0.3, -0.25) is 14.9 Å². The molecule has 0 fully saturated rings. The van der Waals surface area contributed by atoms with Gasteiger partial charge in [-0.1, -0.05) is 6.07 Å². The Balaban J connectivity index is 1.48. The van der Waals surface area contributed by atoms with Crippen LogP contribution in [0.2, 0.25) is 0 Å². The first-order valence-corrected chi connectivity index (χ1v) is 8.93. The van der Waals surface area contributed by atoms with Crippen LogP contribution in [0, 0.1) is 12.8 Å². The van der Waals surface area contributed by atoms with E-state index >= 15 is 0 Å². The fourth-order valence-corrected chi connectivity index (χ4v) is 3.43. The van der Waals surface area contributed by atoms with Crippen molar-refractivity contribution in [3.05, 3.63) is 72.3 Å². The van der Waals surface area contributed by atoms with Gasteiger partial charge in [-0.25, -0.2) is 4.98 Å². The summed E-state index contributed by atoms with van der Waals surface area (Å²) in [6, 6.07) is 10.0. The summed E-state index contributed by atoms with van der Waals surface area (Å²) in [6.45, 7) is 6.26. The molecule has 1 aliphatic heterocycles. The smallest absolute Gasteiger partial charge is 0.137 e. The van der Waals surface area contributed by atoms with Crippen molar-refractivity contribution in [2.75, 3.05) is 13.2 Å². The van der Waals surface area contributed by atoms with Crippen molar-refractivity contribution in [2.24, 2.45) is 5.92 Å². The Labute approximate surface area is 153 Å². The molecule has 1 atom stereocenters. The summed E-state index contributed by atoms with van der Waals surface area (Å²) in [7, 11) is 0. The van der Waals surface area contributed by atoms with Gasteiger partial charge in [-0.15, -0.1) is 0 Å². The van der Waals surface area contributed by atoms with Crippen molar-refractivity contribution in [3.63, 3.8) is 0 Å². The molecule has 134 valence electrons. The van der Waals surface area contributed by atoms with Crippen LogP contribution in [0.25, 0.3) is 0 Å². The average Bonchev–Trinajstić information content (AvgIpc) is 3.00. The molecule has 0 aromatic carbocycles. The number of nitrogens with zero attached hydrogens (tertiary/aromatic N) is 5. The number of rotatable bonds is 5. The van der Waals surface area contributed by atoms with Crippen molar-refractivity contribution in [2.45, 2.75) is 26.6 Å². The Morgan fingerprint density at radius 3 is 2.92 bits per heavy atom. The second kappa shape index (κ2) is 7.66. The van der Waals surface area contributed by atoms with Crippen LogP contribution in [0.5, 0.6) is 5.75 Å². The van der Waals surface area contributed by atoms with Crippen LogP contribution in [-0.4, -0.2) is 37.6 Å². The summed E-state index contributed by atoms with van der Waals surface area (Å²) in [4.78, 5) is 15.5. The van der Waals surface area contributed by atoms with Gasteiger partial charge in [0.15, 0.2) is 0 Å². The molecule has 3 aromatic heterocycles. The van der Waals surface area contributed by atoms with Gasteiger partial charge < -0.3 is 9.30 Å². The van der Waals surface area contributed by atoms with E-state index < -0.39 is 0 Å². The summed E-state index contributed by atoms with van der Waals surface area (Å²) in [5, 5.41) is 0. The molecular weight excluding hydrogens is 326 g/mol. The van der Waals surface area contributed by atoms with E-state index in [-0.39, 0.29) is 0 Å². The van der Waals surface area contributed by atoms with Crippen molar-refractivity contribution in [1.82, 2.24) is 24.4 Å². The normalized spacial score (nSPS) is 17.5. The minimum Gasteiger partial charge on any atom is -0.492 e. The number of hydrogen-bond donors (Lipinski definition) is 0. The van der Waals surface area contributed by atoms with Crippen LogP contribution in [0.15, 0.2) is 55.2 Å². The Kier molecular flexibility index (Phi) is 4.93. The zero-order valence-electron chi connectivity index (χ0n) is 15.0. The minimum absolute atomic E-state index is 0.371. The van der Waals surface area contributed by atoms with Crippen molar-refractivity contribution < 1.29 is 4.74 Å². The van der Waals surface area contributed by atoms with Gasteiger partial charge in [0.25, 0.3) is 0 Å². The maximum atomic E-state index is 5.97. The standard InChI is InChI=1S/C20H23N5O/c1-16-4-2-5-18(23-16)12-24-10-17(11-25-15-22-8-19(25)13-24)14-26-20-6-3-7-21-9-20/h2-9,15,17H,10-14H2,1H3. The fraction of sp³-hybridized carbons (Fsp3) is 0.350. The minimum atomic E-state index is 0.371. The molecule has 0 amide bonds. The van der Waals surface area contributed by atoms with Crippen LogP contribution in [0.1, 0.15) is 17.1 Å². The lowest BCUT2D eigenvalue weighted by molar-refractivity contribution is 0.166. The van der Waals surface area contributed by atoms with Crippen LogP contribution in [0.3, 0.4) is 0 Å². The Bertz CT molecular complexity index is 848. The van der Waals surface area contributed by atoms with E-state index in [0.717, 1.165) is 43.3 Å². The van der Waals surface area contributed by atoms with Crippen LogP contribution < -0.4 is 4.74 Å². The third-order valence-electron chi connectivity index (χ3n) is 4.61. The van der Waals surface area contributed by atoms with E-state index in [0.29, 0.717) is 12.5 Å². The SMILES string of the molecule is Cc1cccc(CN2Cc3cncn3CC(COc3cccnc3)C2)n1. The van der Waals surface area contributed by atoms with E-state index in [1.165, 1.54) is 5.69 Å². The molecule has 0 N–H and O–H groups in total. The van der Waals surface area contributed by atoms with Crippen LogP contribution >= 0.6 is 0 Å². The van der Waals surface area contributed by atoms with Gasteiger partial charge in [0, 0.05) is 50.2 Å². The summed E-state index contributed by atoms with van der Waals surface area (Å²) >= 11 is 0. The van der Waals surface area contributed by atoms with E-state index in [9.17, 15) is 0 Å². The predicted octanol–water partition coefficient (Wildman–Crippen LogP) is 2.69. The van der Waals surface area contributed by atoms with Gasteiger partial charge >= 0.3 is 0 Å². The molecule has 0 radical (unpaired) electrons. The molecule has 1 aliphatic rings. The molecule has 3 aromatic rings. The average molecular weight is 349 g/mol. The first kappa shape index (κ1) is 16.7. The van der Waals surface area contributed by atoms with Gasteiger partial charge in [-0.2, -0.15) is 0 Å². The monoisotopic (exact) mass is 349 g/mol.